The predicted octanol–water partition coefficient (Wildman–Crippen LogP) is 1.80. The molecule has 0 bridgehead atoms. The monoisotopic (exact) mass is 373 g/mol. The van der Waals surface area contributed by atoms with E-state index in [1.54, 1.807) is 24.9 Å². The molecule has 3 heterocycles. The molecule has 7 nitrogen and oxygen atoms in total. The first-order valence-corrected chi connectivity index (χ1v) is 9.28. The third-order valence-electron chi connectivity index (χ3n) is 5.36. The third kappa shape index (κ3) is 2.07. The van der Waals surface area contributed by atoms with E-state index in [0.717, 1.165) is 5.56 Å². The first-order valence-electron chi connectivity index (χ1n) is 8.40. The molecule has 0 radical (unpaired) electrons. The maximum Gasteiger partial charge on any atom is 0.256 e. The Bertz CT molecular complexity index is 853. The fourth-order valence-corrected chi connectivity index (χ4v) is 5.96. The van der Waals surface area contributed by atoms with E-state index >= 15 is 0 Å². The van der Waals surface area contributed by atoms with Gasteiger partial charge in [-0.15, -0.1) is 11.8 Å². The number of nitrogens with one attached hydrogen (secondary N) is 1. The molecule has 2 amide bonds. The summed E-state index contributed by atoms with van der Waals surface area (Å²) in [5, 5.41) is 12.3. The van der Waals surface area contributed by atoms with Crippen molar-refractivity contribution in [3.8, 4) is 17.6 Å². The van der Waals surface area contributed by atoms with Crippen LogP contribution in [-0.4, -0.2) is 40.7 Å². The Balaban J connectivity index is 1.88. The van der Waals surface area contributed by atoms with Crippen LogP contribution in [0.2, 0.25) is 0 Å². The highest BCUT2D eigenvalue weighted by molar-refractivity contribution is 8.03. The number of carbonyl (C=O) groups excluding carboxylic acids is 2. The van der Waals surface area contributed by atoms with Crippen LogP contribution in [-0.2, 0) is 9.59 Å². The largest absolute Gasteiger partial charge is 0.454 e. The second-order valence-electron chi connectivity index (χ2n) is 7.05. The molecule has 4 unspecified atom stereocenters. The van der Waals surface area contributed by atoms with Crippen LogP contribution in [0.3, 0.4) is 0 Å². The molecule has 8 heteroatoms. The fourth-order valence-electron chi connectivity index (χ4n) is 4.25. The average Bonchev–Trinajstić information content (AvgIpc) is 3.26. The Kier molecular flexibility index (Phi) is 3.63. The number of benzene rings is 1. The molecule has 26 heavy (non-hydrogen) atoms. The standard InChI is InChI=1S/C18H19N3O4S/c1-10-15(22)21-14(11-4-5-12-13(6-11)25-9-24-12)17(2,8-19)7-18(21,26-10)16(23)20-3/h4-6,10,14H,7,9H2,1-3H3,(H,20,23). The summed E-state index contributed by atoms with van der Waals surface area (Å²) in [6, 6.07) is 7.26. The van der Waals surface area contributed by atoms with Gasteiger partial charge in [-0.2, -0.15) is 5.26 Å². The van der Waals surface area contributed by atoms with E-state index in [1.807, 2.05) is 19.1 Å². The Morgan fingerprint density at radius 1 is 1.42 bits per heavy atom. The molecule has 3 aliphatic heterocycles. The average molecular weight is 373 g/mol. The third-order valence-corrected chi connectivity index (χ3v) is 6.84. The number of nitrogens with zero attached hydrogens (tertiary/aromatic N) is 2. The number of ether oxygens (including phenoxy) is 2. The van der Waals surface area contributed by atoms with Crippen molar-refractivity contribution in [2.45, 2.75) is 36.4 Å². The van der Waals surface area contributed by atoms with Gasteiger partial charge in [0.25, 0.3) is 5.91 Å². The molecule has 0 aromatic heterocycles. The van der Waals surface area contributed by atoms with Gasteiger partial charge in [-0.25, -0.2) is 0 Å². The van der Waals surface area contributed by atoms with Gasteiger partial charge < -0.3 is 19.7 Å². The van der Waals surface area contributed by atoms with Crippen LogP contribution >= 0.6 is 11.8 Å². The number of thioether (sulfide) groups is 1. The van der Waals surface area contributed by atoms with Crippen LogP contribution in [0.15, 0.2) is 18.2 Å². The highest BCUT2D eigenvalue weighted by Gasteiger charge is 2.68. The lowest BCUT2D eigenvalue weighted by Crippen LogP contribution is -2.50. The number of carbonyl (C=O) groups is 2. The Labute approximate surface area is 155 Å². The van der Waals surface area contributed by atoms with E-state index in [-0.39, 0.29) is 30.3 Å². The quantitative estimate of drug-likeness (QED) is 0.850. The summed E-state index contributed by atoms with van der Waals surface area (Å²) in [4.78, 5) is 26.3. The number of amides is 2. The van der Waals surface area contributed by atoms with Crippen LogP contribution in [0.1, 0.15) is 31.9 Å². The number of likely N-dealkylation sites (N-methyl/N-ethyl adjacent to an activating group) is 1. The van der Waals surface area contributed by atoms with Crippen LogP contribution in [0.4, 0.5) is 0 Å². The number of rotatable bonds is 2. The number of fused-ring (bicyclic) bond motifs is 2. The smallest absolute Gasteiger partial charge is 0.256 e. The minimum atomic E-state index is -1.07. The first kappa shape index (κ1) is 17.0. The second kappa shape index (κ2) is 5.55. The zero-order chi connectivity index (χ0) is 18.7. The van der Waals surface area contributed by atoms with Gasteiger partial charge in [0.1, 0.15) is 0 Å². The summed E-state index contributed by atoms with van der Waals surface area (Å²) in [5.74, 6) is 0.858. The Morgan fingerprint density at radius 2 is 2.15 bits per heavy atom. The van der Waals surface area contributed by atoms with Crippen molar-refractivity contribution in [3.63, 3.8) is 0 Å². The number of hydrogen-bond acceptors (Lipinski definition) is 6. The molecule has 2 fully saturated rings. The molecule has 4 rings (SSSR count). The van der Waals surface area contributed by atoms with Crippen LogP contribution < -0.4 is 14.8 Å². The van der Waals surface area contributed by atoms with Crippen molar-refractivity contribution >= 4 is 23.6 Å². The summed E-state index contributed by atoms with van der Waals surface area (Å²) >= 11 is 1.32. The summed E-state index contributed by atoms with van der Waals surface area (Å²) in [7, 11) is 1.56. The maximum absolute atomic E-state index is 13.0. The number of nitriles is 1. The van der Waals surface area contributed by atoms with Crippen molar-refractivity contribution in [2.75, 3.05) is 13.8 Å². The minimum absolute atomic E-state index is 0.125. The molecule has 0 saturated carbocycles. The van der Waals surface area contributed by atoms with Gasteiger partial charge in [-0.05, 0) is 31.5 Å². The normalized spacial score (nSPS) is 34.5. The minimum Gasteiger partial charge on any atom is -0.454 e. The van der Waals surface area contributed by atoms with Crippen LogP contribution in [0.5, 0.6) is 11.5 Å². The van der Waals surface area contributed by atoms with Crippen molar-refractivity contribution in [2.24, 2.45) is 5.41 Å². The van der Waals surface area contributed by atoms with Gasteiger partial charge in [0, 0.05) is 13.5 Å². The van der Waals surface area contributed by atoms with Crippen LogP contribution in [0, 0.1) is 16.7 Å². The molecular formula is C18H19N3O4S. The highest BCUT2D eigenvalue weighted by atomic mass is 32.2. The van der Waals surface area contributed by atoms with Gasteiger partial charge >= 0.3 is 0 Å². The van der Waals surface area contributed by atoms with E-state index in [1.165, 1.54) is 11.8 Å². The summed E-state index contributed by atoms with van der Waals surface area (Å²) in [6.07, 6.45) is 0.274. The SMILES string of the molecule is CNC(=O)C12CC(C)(C#N)C(c3ccc4c(c3)OCO4)N1C(=O)C(C)S2. The van der Waals surface area contributed by atoms with E-state index in [2.05, 4.69) is 11.4 Å². The van der Waals surface area contributed by atoms with E-state index in [9.17, 15) is 14.9 Å². The second-order valence-corrected chi connectivity index (χ2v) is 8.67. The molecule has 1 N–H and O–H groups in total. The van der Waals surface area contributed by atoms with Crippen molar-refractivity contribution in [1.29, 1.82) is 5.26 Å². The van der Waals surface area contributed by atoms with Crippen molar-refractivity contribution in [1.82, 2.24) is 10.2 Å². The van der Waals surface area contributed by atoms with Gasteiger partial charge in [0.2, 0.25) is 12.7 Å². The number of hydrogen-bond donors (Lipinski definition) is 1. The molecule has 2 saturated heterocycles. The van der Waals surface area contributed by atoms with Gasteiger partial charge in [0.15, 0.2) is 16.4 Å². The van der Waals surface area contributed by atoms with Crippen molar-refractivity contribution < 1.29 is 19.1 Å². The maximum atomic E-state index is 13.0. The molecule has 1 aromatic carbocycles. The van der Waals surface area contributed by atoms with Crippen molar-refractivity contribution in [3.05, 3.63) is 23.8 Å². The first-order chi connectivity index (χ1) is 12.4. The van der Waals surface area contributed by atoms with E-state index in [0.29, 0.717) is 11.5 Å². The Morgan fingerprint density at radius 3 is 2.85 bits per heavy atom. The summed E-state index contributed by atoms with van der Waals surface area (Å²) in [5.41, 5.74) is -0.129. The van der Waals surface area contributed by atoms with Crippen LogP contribution in [0.25, 0.3) is 0 Å². The molecule has 0 spiro atoms. The Hall–Kier alpha value is -2.40. The molecular weight excluding hydrogens is 354 g/mol. The lowest BCUT2D eigenvalue weighted by Gasteiger charge is -2.33. The fraction of sp³-hybridized carbons (Fsp3) is 0.500. The van der Waals surface area contributed by atoms with Gasteiger partial charge in [-0.1, -0.05) is 6.07 Å². The molecule has 0 aliphatic carbocycles. The zero-order valence-electron chi connectivity index (χ0n) is 14.7. The molecule has 1 aromatic rings. The molecule has 3 aliphatic rings. The summed E-state index contributed by atoms with van der Waals surface area (Å²) < 4.78 is 10.8. The lowest BCUT2D eigenvalue weighted by atomic mass is 9.79. The lowest BCUT2D eigenvalue weighted by molar-refractivity contribution is -0.139. The predicted molar refractivity (Wildman–Crippen MR) is 94.3 cm³/mol. The topological polar surface area (TPSA) is 91.7 Å². The summed E-state index contributed by atoms with van der Waals surface area (Å²) in [6.45, 7) is 3.76. The zero-order valence-corrected chi connectivity index (χ0v) is 15.6. The molecule has 4 atom stereocenters. The van der Waals surface area contributed by atoms with E-state index in [4.69, 9.17) is 9.47 Å². The molecule has 136 valence electrons. The van der Waals surface area contributed by atoms with Gasteiger partial charge in [-0.3, -0.25) is 9.59 Å². The highest BCUT2D eigenvalue weighted by Crippen LogP contribution is 2.62. The van der Waals surface area contributed by atoms with Gasteiger partial charge in [0.05, 0.1) is 22.8 Å². The van der Waals surface area contributed by atoms with E-state index < -0.39 is 16.3 Å².